The molecule has 0 amide bonds. The Morgan fingerprint density at radius 1 is 0.958 bits per heavy atom. The number of carbonyl (C=O) groups excluding carboxylic acids is 1. The lowest BCUT2D eigenvalue weighted by atomic mass is 9.95. The van der Waals surface area contributed by atoms with Crippen molar-refractivity contribution in [2.24, 2.45) is 0 Å². The smallest absolute Gasteiger partial charge is 0.338 e. The van der Waals surface area contributed by atoms with E-state index < -0.39 is 5.60 Å². The van der Waals surface area contributed by atoms with Crippen LogP contribution in [0.4, 0.5) is 0 Å². The summed E-state index contributed by atoms with van der Waals surface area (Å²) in [6, 6.07) is 21.5. The second-order valence-electron chi connectivity index (χ2n) is 6.29. The molecule has 3 aromatic carbocycles. The summed E-state index contributed by atoms with van der Waals surface area (Å²) in [5, 5.41) is 2.30. The molecule has 0 saturated carbocycles. The Morgan fingerprint density at radius 3 is 2.29 bits per heavy atom. The van der Waals surface area contributed by atoms with Gasteiger partial charge in [-0.3, -0.25) is 0 Å². The van der Waals surface area contributed by atoms with Gasteiger partial charge >= 0.3 is 5.97 Å². The van der Waals surface area contributed by atoms with Crippen LogP contribution >= 0.6 is 0 Å². The summed E-state index contributed by atoms with van der Waals surface area (Å²) in [5.41, 5.74) is 1.77. The summed E-state index contributed by atoms with van der Waals surface area (Å²) in [4.78, 5) is 12.4. The summed E-state index contributed by atoms with van der Waals surface area (Å²) in [7, 11) is 0. The van der Waals surface area contributed by atoms with Crippen molar-refractivity contribution < 1.29 is 9.53 Å². The third-order valence-electron chi connectivity index (χ3n) is 4.17. The van der Waals surface area contributed by atoms with Crippen molar-refractivity contribution in [2.45, 2.75) is 19.4 Å². The molecule has 0 aliphatic carbocycles. The molecule has 2 heteroatoms. The van der Waals surface area contributed by atoms with Gasteiger partial charge in [-0.15, -0.1) is 0 Å². The number of carbonyl (C=O) groups is 1. The Hall–Kier alpha value is -2.87. The van der Waals surface area contributed by atoms with Crippen LogP contribution in [0.25, 0.3) is 16.8 Å². The fourth-order valence-corrected chi connectivity index (χ4v) is 2.67. The van der Waals surface area contributed by atoms with Crippen LogP contribution in [0.3, 0.4) is 0 Å². The molecular weight excluding hydrogens is 296 g/mol. The predicted octanol–water partition coefficient (Wildman–Crippen LogP) is 5.57. The van der Waals surface area contributed by atoms with Crippen molar-refractivity contribution in [3.8, 4) is 0 Å². The number of ether oxygens (including phenoxy) is 1. The maximum absolute atomic E-state index is 12.4. The Labute approximate surface area is 142 Å². The quantitative estimate of drug-likeness (QED) is 0.588. The average molecular weight is 316 g/mol. The van der Waals surface area contributed by atoms with Crippen LogP contribution in [0, 0.1) is 0 Å². The predicted molar refractivity (Wildman–Crippen MR) is 98.9 cm³/mol. The molecule has 0 N–H and O–H groups in total. The van der Waals surface area contributed by atoms with Gasteiger partial charge in [-0.25, -0.2) is 4.79 Å². The Bertz CT molecular complexity index is 889. The van der Waals surface area contributed by atoms with Crippen molar-refractivity contribution in [3.05, 3.63) is 90.0 Å². The van der Waals surface area contributed by atoms with E-state index in [2.05, 4.69) is 30.8 Å². The minimum Gasteiger partial charge on any atom is -0.451 e. The van der Waals surface area contributed by atoms with Crippen molar-refractivity contribution in [1.82, 2.24) is 0 Å². The molecule has 0 bridgehead atoms. The molecule has 24 heavy (non-hydrogen) atoms. The standard InChI is InChI=1S/C22H20O2/c1-4-16-9-11-18(12-10-16)21(23)24-22(2,3)20-14-13-17-7-5-6-8-19(17)15-20/h4-15H,1H2,2-3H3. The van der Waals surface area contributed by atoms with Crippen LogP contribution in [-0.4, -0.2) is 5.97 Å². The maximum Gasteiger partial charge on any atom is 0.338 e. The van der Waals surface area contributed by atoms with E-state index in [-0.39, 0.29) is 5.97 Å². The molecule has 3 rings (SSSR count). The number of hydrogen-bond acceptors (Lipinski definition) is 2. The lowest BCUT2D eigenvalue weighted by molar-refractivity contribution is -0.00307. The number of hydrogen-bond donors (Lipinski definition) is 0. The molecular formula is C22H20O2. The molecule has 2 nitrogen and oxygen atoms in total. The first-order valence-corrected chi connectivity index (χ1v) is 7.95. The van der Waals surface area contributed by atoms with Crippen LogP contribution in [0.1, 0.15) is 35.3 Å². The van der Waals surface area contributed by atoms with Crippen molar-refractivity contribution in [1.29, 1.82) is 0 Å². The SMILES string of the molecule is C=Cc1ccc(C(=O)OC(C)(C)c2ccc3ccccc3c2)cc1. The van der Waals surface area contributed by atoms with E-state index in [1.165, 1.54) is 5.39 Å². The zero-order valence-electron chi connectivity index (χ0n) is 14.0. The van der Waals surface area contributed by atoms with E-state index in [4.69, 9.17) is 4.74 Å². The highest BCUT2D eigenvalue weighted by atomic mass is 16.6. The molecule has 0 radical (unpaired) electrons. The molecule has 0 aliphatic rings. The van der Waals surface area contributed by atoms with Gasteiger partial charge in [0.2, 0.25) is 0 Å². The van der Waals surface area contributed by atoms with Crippen molar-refractivity contribution >= 4 is 22.8 Å². The molecule has 0 atom stereocenters. The van der Waals surface area contributed by atoms with Gasteiger partial charge < -0.3 is 4.74 Å². The van der Waals surface area contributed by atoms with Gasteiger partial charge in [-0.2, -0.15) is 0 Å². The van der Waals surface area contributed by atoms with Gasteiger partial charge in [0.1, 0.15) is 5.60 Å². The zero-order valence-corrected chi connectivity index (χ0v) is 14.0. The lowest BCUT2D eigenvalue weighted by Crippen LogP contribution is -2.25. The van der Waals surface area contributed by atoms with E-state index in [0.717, 1.165) is 16.5 Å². The first kappa shape index (κ1) is 16.0. The van der Waals surface area contributed by atoms with E-state index in [1.54, 1.807) is 18.2 Å². The van der Waals surface area contributed by atoms with Crippen LogP contribution in [0.15, 0.2) is 73.3 Å². The van der Waals surface area contributed by atoms with Crippen LogP contribution < -0.4 is 0 Å². The number of rotatable bonds is 4. The molecule has 0 saturated heterocycles. The molecule has 0 heterocycles. The van der Waals surface area contributed by atoms with Crippen molar-refractivity contribution in [2.75, 3.05) is 0 Å². The highest BCUT2D eigenvalue weighted by Gasteiger charge is 2.26. The molecule has 0 aliphatic heterocycles. The first-order valence-electron chi connectivity index (χ1n) is 7.95. The van der Waals surface area contributed by atoms with Crippen LogP contribution in [-0.2, 0) is 10.3 Å². The summed E-state index contributed by atoms with van der Waals surface area (Å²) in [6.45, 7) is 7.53. The van der Waals surface area contributed by atoms with E-state index >= 15 is 0 Å². The van der Waals surface area contributed by atoms with E-state index in [1.807, 2.05) is 44.2 Å². The summed E-state index contributed by atoms with van der Waals surface area (Å²) in [6.07, 6.45) is 1.74. The monoisotopic (exact) mass is 316 g/mol. The van der Waals surface area contributed by atoms with Gasteiger partial charge in [0.15, 0.2) is 0 Å². The molecule has 0 spiro atoms. The van der Waals surface area contributed by atoms with Crippen molar-refractivity contribution in [3.63, 3.8) is 0 Å². The Balaban J connectivity index is 1.85. The number of benzene rings is 3. The van der Waals surface area contributed by atoms with E-state index in [0.29, 0.717) is 5.56 Å². The third kappa shape index (κ3) is 3.23. The summed E-state index contributed by atoms with van der Waals surface area (Å²) in [5.74, 6) is -0.330. The molecule has 0 aromatic heterocycles. The lowest BCUT2D eigenvalue weighted by Gasteiger charge is -2.26. The topological polar surface area (TPSA) is 26.3 Å². The highest BCUT2D eigenvalue weighted by Crippen LogP contribution is 2.29. The molecule has 3 aromatic rings. The van der Waals surface area contributed by atoms with E-state index in [9.17, 15) is 4.79 Å². The highest BCUT2D eigenvalue weighted by molar-refractivity contribution is 5.90. The average Bonchev–Trinajstić information content (AvgIpc) is 2.61. The molecule has 120 valence electrons. The minimum absolute atomic E-state index is 0.330. The first-order chi connectivity index (χ1) is 11.5. The number of fused-ring (bicyclic) bond motifs is 1. The molecule has 0 fully saturated rings. The van der Waals surface area contributed by atoms with Gasteiger partial charge in [0, 0.05) is 0 Å². The zero-order chi connectivity index (χ0) is 17.2. The second kappa shape index (κ2) is 6.32. The van der Waals surface area contributed by atoms with Crippen LogP contribution in [0.2, 0.25) is 0 Å². The van der Waals surface area contributed by atoms with Gasteiger partial charge in [-0.1, -0.05) is 61.2 Å². The second-order valence-corrected chi connectivity index (χ2v) is 6.29. The maximum atomic E-state index is 12.4. The molecule has 0 unspecified atom stereocenters. The fourth-order valence-electron chi connectivity index (χ4n) is 2.67. The summed E-state index contributed by atoms with van der Waals surface area (Å²) < 4.78 is 5.77. The fraction of sp³-hybridized carbons (Fsp3) is 0.136. The van der Waals surface area contributed by atoms with Crippen LogP contribution in [0.5, 0.6) is 0 Å². The van der Waals surface area contributed by atoms with Gasteiger partial charge in [-0.05, 0) is 53.9 Å². The third-order valence-corrected chi connectivity index (χ3v) is 4.17. The summed E-state index contributed by atoms with van der Waals surface area (Å²) >= 11 is 0. The Morgan fingerprint density at radius 2 is 1.62 bits per heavy atom. The van der Waals surface area contributed by atoms with Gasteiger partial charge in [0.05, 0.1) is 5.56 Å². The van der Waals surface area contributed by atoms with Gasteiger partial charge in [0.25, 0.3) is 0 Å². The Kier molecular flexibility index (Phi) is 4.22. The number of esters is 1. The normalized spacial score (nSPS) is 11.2. The minimum atomic E-state index is -0.710. The largest absolute Gasteiger partial charge is 0.451 e.